The lowest BCUT2D eigenvalue weighted by Crippen LogP contribution is -2.30. The van der Waals surface area contributed by atoms with Gasteiger partial charge in [-0.15, -0.1) is 0 Å². The van der Waals surface area contributed by atoms with Crippen molar-refractivity contribution in [3.8, 4) is 0 Å². The van der Waals surface area contributed by atoms with Gasteiger partial charge in [0, 0.05) is 38.4 Å². The minimum Gasteiger partial charge on any atom is -0.448 e. The predicted molar refractivity (Wildman–Crippen MR) is 80.6 cm³/mol. The molecule has 0 aromatic heterocycles. The van der Waals surface area contributed by atoms with Crippen molar-refractivity contribution in [2.45, 2.75) is 6.42 Å². The molecule has 0 unspecified atom stereocenters. The number of cyclic esters (lactones) is 1. The fraction of sp³-hybridized carbons (Fsp3) is 0.467. The van der Waals surface area contributed by atoms with E-state index in [2.05, 4.69) is 5.32 Å². The van der Waals surface area contributed by atoms with E-state index >= 15 is 0 Å². The summed E-state index contributed by atoms with van der Waals surface area (Å²) in [5.74, 6) is -0.0932. The summed E-state index contributed by atoms with van der Waals surface area (Å²) in [5, 5.41) is 2.86. The summed E-state index contributed by atoms with van der Waals surface area (Å²) in [6.07, 6.45) is 0.456. The highest BCUT2D eigenvalue weighted by molar-refractivity contribution is 5.94. The first-order valence-electron chi connectivity index (χ1n) is 7.05. The van der Waals surface area contributed by atoms with Crippen LogP contribution in [0, 0.1) is 0 Å². The molecule has 1 N–H and O–H groups in total. The molecule has 1 aliphatic heterocycles. The lowest BCUT2D eigenvalue weighted by Gasteiger charge is -2.13. The van der Waals surface area contributed by atoms with E-state index < -0.39 is 0 Å². The third kappa shape index (κ3) is 4.11. The highest BCUT2D eigenvalue weighted by atomic mass is 16.6. The first-order valence-corrected chi connectivity index (χ1v) is 7.05. The van der Waals surface area contributed by atoms with E-state index in [0.29, 0.717) is 31.8 Å². The van der Waals surface area contributed by atoms with Crippen molar-refractivity contribution in [2.75, 3.05) is 45.2 Å². The van der Waals surface area contributed by atoms with E-state index in [-0.39, 0.29) is 12.0 Å². The lowest BCUT2D eigenvalue weighted by molar-refractivity contribution is 0.0952. The number of ether oxygens (including phenoxy) is 1. The molecule has 6 heteroatoms. The van der Waals surface area contributed by atoms with Crippen LogP contribution in [0.15, 0.2) is 24.3 Å². The molecule has 2 rings (SSSR count). The molecule has 0 saturated carbocycles. The third-order valence-electron chi connectivity index (χ3n) is 3.38. The van der Waals surface area contributed by atoms with Crippen molar-refractivity contribution in [1.29, 1.82) is 0 Å². The zero-order valence-electron chi connectivity index (χ0n) is 12.5. The Balaban J connectivity index is 1.72. The van der Waals surface area contributed by atoms with Crippen LogP contribution in [0.1, 0.15) is 16.8 Å². The highest BCUT2D eigenvalue weighted by Crippen LogP contribution is 2.12. The van der Waals surface area contributed by atoms with E-state index in [1.54, 1.807) is 4.90 Å². The van der Waals surface area contributed by atoms with Gasteiger partial charge in [-0.25, -0.2) is 4.79 Å². The van der Waals surface area contributed by atoms with Gasteiger partial charge >= 0.3 is 6.09 Å². The Morgan fingerprint density at radius 2 is 2.05 bits per heavy atom. The molecule has 1 aliphatic rings. The fourth-order valence-electron chi connectivity index (χ4n) is 2.11. The second-order valence-electron chi connectivity index (χ2n) is 5.15. The van der Waals surface area contributed by atoms with Crippen LogP contribution in [-0.2, 0) is 4.74 Å². The van der Waals surface area contributed by atoms with Crippen LogP contribution >= 0.6 is 0 Å². The number of rotatable bonds is 6. The Hall–Kier alpha value is -2.24. The van der Waals surface area contributed by atoms with Crippen molar-refractivity contribution in [1.82, 2.24) is 10.2 Å². The first-order chi connectivity index (χ1) is 10.1. The Morgan fingerprint density at radius 1 is 1.33 bits per heavy atom. The van der Waals surface area contributed by atoms with Gasteiger partial charge in [-0.3, -0.25) is 4.79 Å². The zero-order valence-corrected chi connectivity index (χ0v) is 12.5. The number of benzene rings is 1. The highest BCUT2D eigenvalue weighted by Gasteiger charge is 2.20. The Morgan fingerprint density at radius 3 is 2.62 bits per heavy atom. The quantitative estimate of drug-likeness (QED) is 0.803. The molecule has 1 aromatic rings. The first kappa shape index (κ1) is 15.2. The van der Waals surface area contributed by atoms with Crippen molar-refractivity contribution in [3.05, 3.63) is 29.8 Å². The van der Waals surface area contributed by atoms with Gasteiger partial charge in [0.15, 0.2) is 0 Å². The molecule has 6 nitrogen and oxygen atoms in total. The monoisotopic (exact) mass is 291 g/mol. The minimum absolute atomic E-state index is 0.0932. The molecule has 1 aromatic carbocycles. The molecule has 21 heavy (non-hydrogen) atoms. The molecule has 0 aliphatic carbocycles. The smallest absolute Gasteiger partial charge is 0.409 e. The molecular weight excluding hydrogens is 270 g/mol. The van der Waals surface area contributed by atoms with Crippen LogP contribution in [0.3, 0.4) is 0 Å². The summed E-state index contributed by atoms with van der Waals surface area (Å²) in [5.41, 5.74) is 1.69. The number of nitrogens with one attached hydrogen (secondary N) is 1. The summed E-state index contributed by atoms with van der Waals surface area (Å²) in [4.78, 5) is 26.8. The predicted octanol–water partition coefficient (Wildman–Crippen LogP) is 1.32. The number of anilines is 1. The Kier molecular flexibility index (Phi) is 5.03. The summed E-state index contributed by atoms with van der Waals surface area (Å²) in [7, 11) is 3.91. The number of hydrogen-bond acceptors (Lipinski definition) is 4. The largest absolute Gasteiger partial charge is 0.448 e. The molecule has 1 fully saturated rings. The van der Waals surface area contributed by atoms with Gasteiger partial charge in [0.1, 0.15) is 6.61 Å². The van der Waals surface area contributed by atoms with Crippen LogP contribution in [-0.4, -0.2) is 57.2 Å². The van der Waals surface area contributed by atoms with Gasteiger partial charge in [-0.1, -0.05) is 0 Å². The SMILES string of the molecule is CN(C)c1ccc(C(=O)NCCCN2CCOC2=O)cc1. The number of nitrogens with zero attached hydrogens (tertiary/aromatic N) is 2. The van der Waals surface area contributed by atoms with Gasteiger partial charge in [0.2, 0.25) is 0 Å². The van der Waals surface area contributed by atoms with E-state index in [1.165, 1.54) is 0 Å². The van der Waals surface area contributed by atoms with Crippen LogP contribution in [0.2, 0.25) is 0 Å². The average Bonchev–Trinajstić information content (AvgIpc) is 2.89. The Bertz CT molecular complexity index is 499. The van der Waals surface area contributed by atoms with Crippen molar-refractivity contribution in [2.24, 2.45) is 0 Å². The molecule has 0 spiro atoms. The lowest BCUT2D eigenvalue weighted by atomic mass is 10.2. The molecule has 114 valence electrons. The van der Waals surface area contributed by atoms with Crippen molar-refractivity contribution in [3.63, 3.8) is 0 Å². The van der Waals surface area contributed by atoms with E-state index in [1.807, 2.05) is 43.3 Å². The molecular formula is C15H21N3O3. The van der Waals surface area contributed by atoms with E-state index in [0.717, 1.165) is 12.1 Å². The molecule has 0 radical (unpaired) electrons. The second-order valence-corrected chi connectivity index (χ2v) is 5.15. The number of carbonyl (C=O) groups is 2. The molecule has 2 amide bonds. The van der Waals surface area contributed by atoms with E-state index in [4.69, 9.17) is 4.74 Å². The molecule has 1 saturated heterocycles. The van der Waals surface area contributed by atoms with Crippen LogP contribution in [0.4, 0.5) is 10.5 Å². The summed E-state index contributed by atoms with van der Waals surface area (Å²) in [6, 6.07) is 7.44. The number of hydrogen-bond donors (Lipinski definition) is 1. The maximum atomic E-state index is 12.0. The maximum Gasteiger partial charge on any atom is 0.409 e. The van der Waals surface area contributed by atoms with Crippen molar-refractivity contribution >= 4 is 17.7 Å². The van der Waals surface area contributed by atoms with Gasteiger partial charge in [-0.05, 0) is 30.7 Å². The number of carbonyl (C=O) groups excluding carboxylic acids is 2. The zero-order chi connectivity index (χ0) is 15.2. The van der Waals surface area contributed by atoms with Gasteiger partial charge in [-0.2, -0.15) is 0 Å². The molecule has 0 atom stereocenters. The topological polar surface area (TPSA) is 61.9 Å². The Labute approximate surface area is 124 Å². The molecule has 1 heterocycles. The average molecular weight is 291 g/mol. The fourth-order valence-corrected chi connectivity index (χ4v) is 2.11. The third-order valence-corrected chi connectivity index (χ3v) is 3.38. The normalized spacial score (nSPS) is 14.0. The number of amides is 2. The van der Waals surface area contributed by atoms with Gasteiger partial charge < -0.3 is 19.9 Å². The summed E-state index contributed by atoms with van der Waals surface area (Å²) in [6.45, 7) is 2.25. The van der Waals surface area contributed by atoms with Crippen molar-refractivity contribution < 1.29 is 14.3 Å². The van der Waals surface area contributed by atoms with Crippen LogP contribution in [0.5, 0.6) is 0 Å². The van der Waals surface area contributed by atoms with Crippen LogP contribution < -0.4 is 10.2 Å². The molecule has 0 bridgehead atoms. The van der Waals surface area contributed by atoms with E-state index in [9.17, 15) is 9.59 Å². The summed E-state index contributed by atoms with van der Waals surface area (Å²) >= 11 is 0. The van der Waals surface area contributed by atoms with Crippen LogP contribution in [0.25, 0.3) is 0 Å². The maximum absolute atomic E-state index is 12.0. The minimum atomic E-state index is -0.263. The summed E-state index contributed by atoms with van der Waals surface area (Å²) < 4.78 is 4.84. The standard InChI is InChI=1S/C15H21N3O3/c1-17(2)13-6-4-12(5-7-13)14(19)16-8-3-9-18-10-11-21-15(18)20/h4-7H,3,8-11H2,1-2H3,(H,16,19). The van der Waals surface area contributed by atoms with Gasteiger partial charge in [0.25, 0.3) is 5.91 Å². The van der Waals surface area contributed by atoms with Gasteiger partial charge in [0.05, 0.1) is 6.54 Å². The second kappa shape index (κ2) is 6.97.